The van der Waals surface area contributed by atoms with Gasteiger partial charge in [-0.1, -0.05) is 18.6 Å². The molecule has 0 radical (unpaired) electrons. The molecule has 1 aromatic heterocycles. The van der Waals surface area contributed by atoms with Crippen molar-refractivity contribution in [2.75, 3.05) is 39.0 Å². The molecule has 1 aliphatic rings. The van der Waals surface area contributed by atoms with E-state index in [2.05, 4.69) is 38.7 Å². The third-order valence-electron chi connectivity index (χ3n) is 4.89. The lowest BCUT2D eigenvalue weighted by Crippen LogP contribution is -2.34. The third kappa shape index (κ3) is 3.99. The lowest BCUT2D eigenvalue weighted by molar-refractivity contribution is 0.244. The third-order valence-corrected chi connectivity index (χ3v) is 4.89. The Hall–Kier alpha value is -2.40. The molecule has 1 aromatic carbocycles. The lowest BCUT2D eigenvalue weighted by Gasteiger charge is -2.28. The van der Waals surface area contributed by atoms with Gasteiger partial charge in [0, 0.05) is 49.7 Å². The van der Waals surface area contributed by atoms with Gasteiger partial charge in [-0.3, -0.25) is 4.90 Å². The zero-order valence-electron chi connectivity index (χ0n) is 15.1. The second kappa shape index (κ2) is 8.12. The van der Waals surface area contributed by atoms with Gasteiger partial charge in [0.2, 0.25) is 0 Å². The normalized spacial score (nSPS) is 16.4. The standard InChI is InChI=1S/C20H27N5/c1-22-19(14-25-8-4-3-5-9-25)18(12-21)15-6-7-16-13-24-20(23-2)11-17(16)10-15/h6-7,10-13,21-22H,3-5,8-9,14H2,1-2H3,(H,23,24)/b19-18+,21-12?. The van der Waals surface area contributed by atoms with Crippen molar-refractivity contribution in [3.63, 3.8) is 0 Å². The summed E-state index contributed by atoms with van der Waals surface area (Å²) in [7, 11) is 3.82. The summed E-state index contributed by atoms with van der Waals surface area (Å²) in [4.78, 5) is 6.84. The molecule has 1 fully saturated rings. The van der Waals surface area contributed by atoms with Crippen molar-refractivity contribution in [2.24, 2.45) is 0 Å². The Balaban J connectivity index is 1.96. The molecule has 5 nitrogen and oxygen atoms in total. The van der Waals surface area contributed by atoms with Crippen LogP contribution in [0.15, 0.2) is 36.2 Å². The van der Waals surface area contributed by atoms with E-state index in [-0.39, 0.29) is 0 Å². The topological polar surface area (TPSA) is 64.0 Å². The average molecular weight is 337 g/mol. The van der Waals surface area contributed by atoms with Crippen LogP contribution in [-0.4, -0.2) is 49.8 Å². The number of hydrogen-bond donors (Lipinski definition) is 3. The van der Waals surface area contributed by atoms with Crippen LogP contribution in [0.3, 0.4) is 0 Å². The van der Waals surface area contributed by atoms with Crippen LogP contribution in [0.25, 0.3) is 16.3 Å². The minimum Gasteiger partial charge on any atom is -0.390 e. The second-order valence-corrected chi connectivity index (χ2v) is 6.50. The van der Waals surface area contributed by atoms with Crippen LogP contribution in [0.4, 0.5) is 5.82 Å². The van der Waals surface area contributed by atoms with Gasteiger partial charge in [0.1, 0.15) is 5.82 Å². The highest BCUT2D eigenvalue weighted by Crippen LogP contribution is 2.24. The predicted molar refractivity (Wildman–Crippen MR) is 106 cm³/mol. The Kier molecular flexibility index (Phi) is 5.66. The molecule has 3 N–H and O–H groups in total. The molecule has 2 heterocycles. The highest BCUT2D eigenvalue weighted by Gasteiger charge is 2.14. The smallest absolute Gasteiger partial charge is 0.126 e. The van der Waals surface area contributed by atoms with Gasteiger partial charge < -0.3 is 16.0 Å². The molecular weight excluding hydrogens is 310 g/mol. The molecule has 25 heavy (non-hydrogen) atoms. The van der Waals surface area contributed by atoms with Crippen LogP contribution < -0.4 is 10.6 Å². The molecule has 0 saturated carbocycles. The first-order valence-corrected chi connectivity index (χ1v) is 8.97. The minimum atomic E-state index is 0.854. The van der Waals surface area contributed by atoms with E-state index in [0.29, 0.717) is 0 Å². The maximum absolute atomic E-state index is 7.97. The van der Waals surface area contributed by atoms with Crippen molar-refractivity contribution in [3.05, 3.63) is 41.7 Å². The largest absolute Gasteiger partial charge is 0.390 e. The SMILES string of the molecule is CN/C(CN1CCCCC1)=C(\C=N)c1ccc2cnc(NC)cc2c1. The molecule has 2 aromatic rings. The Morgan fingerprint density at radius 1 is 1.16 bits per heavy atom. The number of nitrogens with zero attached hydrogens (tertiary/aromatic N) is 2. The van der Waals surface area contributed by atoms with E-state index in [9.17, 15) is 0 Å². The predicted octanol–water partition coefficient (Wildman–Crippen LogP) is 3.34. The van der Waals surface area contributed by atoms with E-state index in [1.165, 1.54) is 25.5 Å². The van der Waals surface area contributed by atoms with Crippen molar-refractivity contribution in [1.82, 2.24) is 15.2 Å². The van der Waals surface area contributed by atoms with Gasteiger partial charge in [-0.05, 0) is 49.0 Å². The van der Waals surface area contributed by atoms with E-state index in [1.807, 2.05) is 26.4 Å². The summed E-state index contributed by atoms with van der Waals surface area (Å²) >= 11 is 0. The van der Waals surface area contributed by atoms with Gasteiger partial charge >= 0.3 is 0 Å². The molecule has 5 heteroatoms. The van der Waals surface area contributed by atoms with Gasteiger partial charge in [-0.2, -0.15) is 0 Å². The Morgan fingerprint density at radius 2 is 1.96 bits per heavy atom. The number of hydrogen-bond acceptors (Lipinski definition) is 5. The first-order valence-electron chi connectivity index (χ1n) is 8.97. The van der Waals surface area contributed by atoms with Crippen LogP contribution in [0.5, 0.6) is 0 Å². The molecule has 0 unspecified atom stereocenters. The molecule has 132 valence electrons. The van der Waals surface area contributed by atoms with Crippen molar-refractivity contribution in [2.45, 2.75) is 19.3 Å². The van der Waals surface area contributed by atoms with E-state index in [4.69, 9.17) is 5.41 Å². The zero-order valence-corrected chi connectivity index (χ0v) is 15.1. The Morgan fingerprint density at radius 3 is 2.64 bits per heavy atom. The van der Waals surface area contributed by atoms with Crippen molar-refractivity contribution < 1.29 is 0 Å². The molecule has 3 rings (SSSR count). The van der Waals surface area contributed by atoms with Crippen LogP contribution in [0.2, 0.25) is 0 Å². The molecule has 0 atom stereocenters. The summed E-state index contributed by atoms with van der Waals surface area (Å²) in [5.41, 5.74) is 3.13. The van der Waals surface area contributed by atoms with Crippen molar-refractivity contribution in [1.29, 1.82) is 5.41 Å². The summed E-state index contributed by atoms with van der Waals surface area (Å²) in [5, 5.41) is 16.6. The Labute approximate surface area is 149 Å². The number of likely N-dealkylation sites (N-methyl/N-ethyl adjacent to an activating group) is 1. The number of fused-ring (bicyclic) bond motifs is 1. The van der Waals surface area contributed by atoms with Crippen molar-refractivity contribution >= 4 is 28.4 Å². The number of nitrogens with one attached hydrogen (secondary N) is 3. The number of benzene rings is 1. The highest BCUT2D eigenvalue weighted by atomic mass is 15.1. The number of anilines is 1. The molecule has 0 amide bonds. The first kappa shape index (κ1) is 17.4. The van der Waals surface area contributed by atoms with Gasteiger partial charge in [0.15, 0.2) is 0 Å². The summed E-state index contributed by atoms with van der Waals surface area (Å²) in [6.07, 6.45) is 7.22. The summed E-state index contributed by atoms with van der Waals surface area (Å²) in [6, 6.07) is 8.35. The monoisotopic (exact) mass is 337 g/mol. The number of piperidine rings is 1. The summed E-state index contributed by atoms with van der Waals surface area (Å²) in [6.45, 7) is 3.16. The number of allylic oxidation sites excluding steroid dienone is 1. The first-order chi connectivity index (χ1) is 12.2. The molecule has 0 spiro atoms. The van der Waals surface area contributed by atoms with Crippen LogP contribution in [-0.2, 0) is 0 Å². The van der Waals surface area contributed by atoms with Gasteiger partial charge in [-0.15, -0.1) is 0 Å². The Bertz CT molecular complexity index is 775. The lowest BCUT2D eigenvalue weighted by atomic mass is 10.0. The van der Waals surface area contributed by atoms with Crippen LogP contribution in [0, 0.1) is 5.41 Å². The highest BCUT2D eigenvalue weighted by molar-refractivity contribution is 6.10. The fraction of sp³-hybridized carbons (Fsp3) is 0.400. The molecule has 1 saturated heterocycles. The quantitative estimate of drug-likeness (QED) is 0.708. The second-order valence-electron chi connectivity index (χ2n) is 6.50. The van der Waals surface area contributed by atoms with Gasteiger partial charge in [0.05, 0.1) is 0 Å². The summed E-state index contributed by atoms with van der Waals surface area (Å²) in [5.74, 6) is 0.854. The van der Waals surface area contributed by atoms with E-state index < -0.39 is 0 Å². The van der Waals surface area contributed by atoms with Crippen LogP contribution in [0.1, 0.15) is 24.8 Å². The maximum atomic E-state index is 7.97. The van der Waals surface area contributed by atoms with E-state index >= 15 is 0 Å². The number of likely N-dealkylation sites (tertiary alicyclic amines) is 1. The minimum absolute atomic E-state index is 0.854. The fourth-order valence-corrected chi connectivity index (χ4v) is 3.43. The number of pyridine rings is 1. The average Bonchev–Trinajstić information content (AvgIpc) is 2.67. The van der Waals surface area contributed by atoms with E-state index in [0.717, 1.165) is 53.1 Å². The van der Waals surface area contributed by atoms with Crippen molar-refractivity contribution in [3.8, 4) is 0 Å². The zero-order chi connectivity index (χ0) is 17.6. The van der Waals surface area contributed by atoms with Gasteiger partial charge in [-0.25, -0.2) is 4.98 Å². The molecule has 1 aliphatic heterocycles. The van der Waals surface area contributed by atoms with E-state index in [1.54, 1.807) is 0 Å². The number of aromatic nitrogens is 1. The maximum Gasteiger partial charge on any atom is 0.126 e. The molecule has 0 bridgehead atoms. The molecular formula is C20H27N5. The van der Waals surface area contributed by atoms with Crippen LogP contribution >= 0.6 is 0 Å². The summed E-state index contributed by atoms with van der Waals surface area (Å²) < 4.78 is 0. The van der Waals surface area contributed by atoms with Gasteiger partial charge in [0.25, 0.3) is 0 Å². The molecule has 0 aliphatic carbocycles. The number of rotatable bonds is 6. The fourth-order valence-electron chi connectivity index (χ4n) is 3.43.